The SMILES string of the molecule is CCC(C(=O)NC1CCCCC1)N(Cc1ccccc1C)C(=O)CN(c1cc(Cl)ccc1OC)S(=O)(=O)c1ccccc1. The van der Waals surface area contributed by atoms with Gasteiger partial charge in [-0.25, -0.2) is 8.42 Å². The van der Waals surface area contributed by atoms with E-state index in [1.165, 1.54) is 30.2 Å². The molecule has 3 aromatic rings. The van der Waals surface area contributed by atoms with Gasteiger partial charge in [-0.3, -0.25) is 13.9 Å². The fourth-order valence-corrected chi connectivity index (χ4v) is 7.13. The number of hydrogen-bond donors (Lipinski definition) is 1. The Labute approximate surface area is 260 Å². The minimum atomic E-state index is -4.24. The Morgan fingerprint density at radius 3 is 2.33 bits per heavy atom. The number of sulfonamides is 1. The summed E-state index contributed by atoms with van der Waals surface area (Å²) in [5, 5.41) is 3.45. The molecular formula is C33H40ClN3O5S. The van der Waals surface area contributed by atoms with E-state index < -0.39 is 28.5 Å². The summed E-state index contributed by atoms with van der Waals surface area (Å²) in [5.41, 5.74) is 1.97. The second-order valence-corrected chi connectivity index (χ2v) is 13.2. The van der Waals surface area contributed by atoms with Crippen LogP contribution in [0.15, 0.2) is 77.7 Å². The van der Waals surface area contributed by atoms with Crippen molar-refractivity contribution in [2.45, 2.75) is 75.9 Å². The number of carbonyl (C=O) groups excluding carboxylic acids is 2. The number of aryl methyl sites for hydroxylation is 1. The van der Waals surface area contributed by atoms with E-state index in [1.54, 1.807) is 30.3 Å². The van der Waals surface area contributed by atoms with Crippen LogP contribution < -0.4 is 14.4 Å². The fraction of sp³-hybridized carbons (Fsp3) is 0.394. The third-order valence-electron chi connectivity index (χ3n) is 7.96. The number of ether oxygens (including phenoxy) is 1. The van der Waals surface area contributed by atoms with Crippen LogP contribution in [0.2, 0.25) is 5.02 Å². The average Bonchev–Trinajstić information content (AvgIpc) is 3.01. The lowest BCUT2D eigenvalue weighted by molar-refractivity contribution is -0.140. The minimum absolute atomic E-state index is 0.0114. The maximum absolute atomic E-state index is 14.4. The maximum Gasteiger partial charge on any atom is 0.264 e. The number of methoxy groups -OCH3 is 1. The molecule has 4 rings (SSSR count). The molecule has 1 saturated carbocycles. The standard InChI is InChI=1S/C33H40ClN3O5S/c1-4-29(33(39)35-27-15-7-5-8-16-27)36(22-25-14-12-11-13-24(25)2)32(38)23-37(30-21-26(34)19-20-31(30)42-3)43(40,41)28-17-9-6-10-18-28/h6,9-14,17-21,27,29H,4-5,7-8,15-16,22-23H2,1-3H3,(H,35,39). The number of carbonyl (C=O) groups is 2. The summed E-state index contributed by atoms with van der Waals surface area (Å²) in [5.74, 6) is -0.506. The molecule has 43 heavy (non-hydrogen) atoms. The zero-order valence-electron chi connectivity index (χ0n) is 25.0. The van der Waals surface area contributed by atoms with Crippen molar-refractivity contribution in [2.75, 3.05) is 18.0 Å². The van der Waals surface area contributed by atoms with Crippen LogP contribution in [-0.2, 0) is 26.2 Å². The molecule has 10 heteroatoms. The van der Waals surface area contributed by atoms with Crippen LogP contribution in [0, 0.1) is 6.92 Å². The van der Waals surface area contributed by atoms with Gasteiger partial charge in [0.15, 0.2) is 0 Å². The molecule has 8 nitrogen and oxygen atoms in total. The molecule has 1 atom stereocenters. The molecule has 0 heterocycles. The molecule has 0 bridgehead atoms. The Bertz CT molecular complexity index is 1510. The van der Waals surface area contributed by atoms with Gasteiger partial charge in [-0.05, 0) is 67.6 Å². The molecule has 0 aromatic heterocycles. The van der Waals surface area contributed by atoms with Crippen molar-refractivity contribution < 1.29 is 22.7 Å². The normalized spacial score (nSPS) is 14.5. The summed E-state index contributed by atoms with van der Waals surface area (Å²) in [6, 6.07) is 19.5. The van der Waals surface area contributed by atoms with Gasteiger partial charge in [-0.1, -0.05) is 80.3 Å². The summed E-state index contributed by atoms with van der Waals surface area (Å²) < 4.78 is 34.7. The van der Waals surface area contributed by atoms with Crippen LogP contribution in [0.5, 0.6) is 5.75 Å². The molecule has 0 spiro atoms. The number of rotatable bonds is 12. The number of halogens is 1. The number of nitrogens with one attached hydrogen (secondary N) is 1. The first-order chi connectivity index (χ1) is 20.6. The van der Waals surface area contributed by atoms with Gasteiger partial charge in [0.1, 0.15) is 18.3 Å². The lowest BCUT2D eigenvalue weighted by Gasteiger charge is -2.35. The van der Waals surface area contributed by atoms with Gasteiger partial charge < -0.3 is 15.0 Å². The van der Waals surface area contributed by atoms with Crippen LogP contribution in [0.25, 0.3) is 0 Å². The molecule has 0 aliphatic heterocycles. The number of amides is 2. The second kappa shape index (κ2) is 14.8. The van der Waals surface area contributed by atoms with Gasteiger partial charge in [-0.15, -0.1) is 0 Å². The number of nitrogens with zero attached hydrogens (tertiary/aromatic N) is 2. The van der Waals surface area contributed by atoms with E-state index >= 15 is 0 Å². The van der Waals surface area contributed by atoms with Crippen LogP contribution in [0.3, 0.4) is 0 Å². The van der Waals surface area contributed by atoms with Gasteiger partial charge in [0.05, 0.1) is 17.7 Å². The van der Waals surface area contributed by atoms with Crippen molar-refractivity contribution in [1.29, 1.82) is 0 Å². The van der Waals surface area contributed by atoms with Gasteiger partial charge >= 0.3 is 0 Å². The predicted octanol–water partition coefficient (Wildman–Crippen LogP) is 6.11. The fourth-order valence-electron chi connectivity index (χ4n) is 5.53. The van der Waals surface area contributed by atoms with Crippen LogP contribution in [0.4, 0.5) is 5.69 Å². The lowest BCUT2D eigenvalue weighted by Crippen LogP contribution is -2.54. The van der Waals surface area contributed by atoms with Gasteiger partial charge in [0, 0.05) is 17.6 Å². The molecule has 230 valence electrons. The first-order valence-electron chi connectivity index (χ1n) is 14.7. The van der Waals surface area contributed by atoms with E-state index in [9.17, 15) is 18.0 Å². The Hall–Kier alpha value is -3.56. The van der Waals surface area contributed by atoms with Crippen molar-refractivity contribution in [3.8, 4) is 5.75 Å². The molecular weight excluding hydrogens is 586 g/mol. The first-order valence-corrected chi connectivity index (χ1v) is 16.5. The molecule has 0 saturated heterocycles. The molecule has 2 amide bonds. The minimum Gasteiger partial charge on any atom is -0.495 e. The third-order valence-corrected chi connectivity index (χ3v) is 9.97. The largest absolute Gasteiger partial charge is 0.495 e. The first kappa shape index (κ1) is 32.4. The van der Waals surface area contributed by atoms with Crippen LogP contribution >= 0.6 is 11.6 Å². The van der Waals surface area contributed by atoms with E-state index in [2.05, 4.69) is 5.32 Å². The van der Waals surface area contributed by atoms with E-state index in [0.29, 0.717) is 6.42 Å². The van der Waals surface area contributed by atoms with E-state index in [0.717, 1.165) is 47.5 Å². The Balaban J connectivity index is 1.76. The highest BCUT2D eigenvalue weighted by Gasteiger charge is 2.35. The zero-order chi connectivity index (χ0) is 31.0. The number of benzene rings is 3. The zero-order valence-corrected chi connectivity index (χ0v) is 26.5. The van der Waals surface area contributed by atoms with Crippen molar-refractivity contribution in [2.24, 2.45) is 0 Å². The summed E-state index contributed by atoms with van der Waals surface area (Å²) in [4.78, 5) is 29.6. The van der Waals surface area contributed by atoms with Crippen molar-refractivity contribution in [3.63, 3.8) is 0 Å². The summed E-state index contributed by atoms with van der Waals surface area (Å²) in [6.07, 6.45) is 5.45. The molecule has 1 aliphatic carbocycles. The smallest absolute Gasteiger partial charge is 0.264 e. The lowest BCUT2D eigenvalue weighted by atomic mass is 9.95. The monoisotopic (exact) mass is 625 g/mol. The third kappa shape index (κ3) is 7.89. The van der Waals surface area contributed by atoms with Gasteiger partial charge in [0.2, 0.25) is 11.8 Å². The summed E-state index contributed by atoms with van der Waals surface area (Å²) >= 11 is 6.32. The number of hydrogen-bond acceptors (Lipinski definition) is 5. The average molecular weight is 626 g/mol. The van der Waals surface area contributed by atoms with E-state index in [4.69, 9.17) is 16.3 Å². The van der Waals surface area contributed by atoms with Crippen LogP contribution in [0.1, 0.15) is 56.6 Å². The van der Waals surface area contributed by atoms with E-state index in [1.807, 2.05) is 38.1 Å². The highest BCUT2D eigenvalue weighted by molar-refractivity contribution is 7.92. The predicted molar refractivity (Wildman–Crippen MR) is 170 cm³/mol. The number of anilines is 1. The second-order valence-electron chi connectivity index (χ2n) is 10.9. The molecule has 3 aromatic carbocycles. The Morgan fingerprint density at radius 2 is 1.67 bits per heavy atom. The highest BCUT2D eigenvalue weighted by atomic mass is 35.5. The molecule has 1 fully saturated rings. The molecule has 1 aliphatic rings. The van der Waals surface area contributed by atoms with Gasteiger partial charge in [-0.2, -0.15) is 0 Å². The maximum atomic E-state index is 14.4. The molecule has 1 N–H and O–H groups in total. The highest BCUT2D eigenvalue weighted by Crippen LogP contribution is 2.35. The summed E-state index contributed by atoms with van der Waals surface area (Å²) in [7, 11) is -2.82. The molecule has 1 unspecified atom stereocenters. The van der Waals surface area contributed by atoms with Gasteiger partial charge in [0.25, 0.3) is 10.0 Å². The van der Waals surface area contributed by atoms with Crippen LogP contribution in [-0.4, -0.2) is 50.9 Å². The summed E-state index contributed by atoms with van der Waals surface area (Å²) in [6.45, 7) is 3.40. The van der Waals surface area contributed by atoms with Crippen molar-refractivity contribution in [3.05, 3.63) is 88.9 Å². The van der Waals surface area contributed by atoms with E-state index in [-0.39, 0.29) is 39.8 Å². The quantitative estimate of drug-likeness (QED) is 0.262. The van der Waals surface area contributed by atoms with Crippen molar-refractivity contribution in [1.82, 2.24) is 10.2 Å². The topological polar surface area (TPSA) is 96.0 Å². The molecule has 0 radical (unpaired) electrons. The Kier molecular flexibility index (Phi) is 11.1. The van der Waals surface area contributed by atoms with Crippen molar-refractivity contribution >= 4 is 39.1 Å². The Morgan fingerprint density at radius 1 is 1.00 bits per heavy atom.